The highest BCUT2D eigenvalue weighted by molar-refractivity contribution is 5.77. The molecule has 0 bridgehead atoms. The standard InChI is InChI=1S/C26H40F3NO4/c1-16(15-30-23(33)14-25(3,34)26(27,28)29)21-8-9-22-18(5-4-10-24(21,22)2)7-6-17-11-19(31)13-20(32)12-17/h6-7,16,19-22,31-32,34H,4-5,8-15H2,1-3H3,(H,30,33)/t16-,19?,20?,21?,22?,24+,25?/m0/s1. The molecule has 0 spiro atoms. The zero-order chi connectivity index (χ0) is 25.3. The van der Waals surface area contributed by atoms with Crippen molar-refractivity contribution in [3.8, 4) is 0 Å². The molecule has 3 aliphatic carbocycles. The highest BCUT2D eigenvalue weighted by Crippen LogP contribution is 2.59. The summed E-state index contributed by atoms with van der Waals surface area (Å²) >= 11 is 0. The molecular weight excluding hydrogens is 447 g/mol. The van der Waals surface area contributed by atoms with Crippen LogP contribution >= 0.6 is 0 Å². The molecule has 0 saturated heterocycles. The zero-order valence-electron chi connectivity index (χ0n) is 20.5. The lowest BCUT2D eigenvalue weighted by Gasteiger charge is -2.44. The SMILES string of the molecule is C[C@@H](CNC(=O)CC(C)(O)C(F)(F)F)C1CCC2C(=CC=C3CC(O)CC(O)C3)CCC[C@@]21C. The second kappa shape index (κ2) is 10.3. The van der Waals surface area contributed by atoms with Gasteiger partial charge in [0.05, 0.1) is 18.6 Å². The Balaban J connectivity index is 1.62. The lowest BCUT2D eigenvalue weighted by atomic mass is 9.61. The molecule has 5 nitrogen and oxygen atoms in total. The van der Waals surface area contributed by atoms with Crippen LogP contribution in [0.2, 0.25) is 0 Å². The van der Waals surface area contributed by atoms with Crippen LogP contribution in [0.5, 0.6) is 0 Å². The van der Waals surface area contributed by atoms with Crippen LogP contribution < -0.4 is 5.32 Å². The molecule has 3 aliphatic rings. The minimum atomic E-state index is -4.85. The number of fused-ring (bicyclic) bond motifs is 1. The molecule has 34 heavy (non-hydrogen) atoms. The van der Waals surface area contributed by atoms with Crippen LogP contribution in [0.15, 0.2) is 23.3 Å². The minimum absolute atomic E-state index is 0.0653. The van der Waals surface area contributed by atoms with Crippen LogP contribution in [0.25, 0.3) is 0 Å². The molecule has 7 atom stereocenters. The number of halogens is 3. The fourth-order valence-corrected chi connectivity index (χ4v) is 6.64. The number of rotatable bonds is 6. The van der Waals surface area contributed by atoms with Crippen molar-refractivity contribution in [1.29, 1.82) is 0 Å². The monoisotopic (exact) mass is 487 g/mol. The van der Waals surface area contributed by atoms with Crippen molar-refractivity contribution in [3.05, 3.63) is 23.3 Å². The highest BCUT2D eigenvalue weighted by Gasteiger charge is 2.52. The molecule has 3 rings (SSSR count). The predicted octanol–water partition coefficient (Wildman–Crippen LogP) is 4.42. The summed E-state index contributed by atoms with van der Waals surface area (Å²) in [6.45, 7) is 5.26. The topological polar surface area (TPSA) is 89.8 Å². The van der Waals surface area contributed by atoms with Crippen LogP contribution in [0.3, 0.4) is 0 Å². The van der Waals surface area contributed by atoms with Crippen LogP contribution in [0, 0.1) is 23.2 Å². The third kappa shape index (κ3) is 6.05. The number of carbonyl (C=O) groups is 1. The maximum absolute atomic E-state index is 12.9. The van der Waals surface area contributed by atoms with E-state index in [0.29, 0.717) is 44.6 Å². The van der Waals surface area contributed by atoms with E-state index in [2.05, 4.69) is 24.4 Å². The fourth-order valence-electron chi connectivity index (χ4n) is 6.64. The summed E-state index contributed by atoms with van der Waals surface area (Å²) in [7, 11) is 0. The maximum Gasteiger partial charge on any atom is 0.417 e. The molecule has 3 saturated carbocycles. The van der Waals surface area contributed by atoms with E-state index < -0.39 is 36.3 Å². The number of carbonyl (C=O) groups excluding carboxylic acids is 1. The third-order valence-electron chi connectivity index (χ3n) is 8.53. The Hall–Kier alpha value is -1.38. The van der Waals surface area contributed by atoms with E-state index in [9.17, 15) is 33.3 Å². The molecule has 8 heteroatoms. The lowest BCUT2D eigenvalue weighted by Crippen LogP contribution is -2.47. The second-order valence-corrected chi connectivity index (χ2v) is 11.3. The van der Waals surface area contributed by atoms with Crippen molar-refractivity contribution < 1.29 is 33.3 Å². The Bertz CT molecular complexity index is 794. The van der Waals surface area contributed by atoms with Crippen molar-refractivity contribution >= 4 is 5.91 Å². The third-order valence-corrected chi connectivity index (χ3v) is 8.53. The number of amides is 1. The first kappa shape index (κ1) is 27.2. The van der Waals surface area contributed by atoms with E-state index in [1.807, 2.05) is 6.92 Å². The lowest BCUT2D eigenvalue weighted by molar-refractivity contribution is -0.253. The Morgan fingerprint density at radius 1 is 1.21 bits per heavy atom. The Morgan fingerprint density at radius 3 is 2.47 bits per heavy atom. The van der Waals surface area contributed by atoms with Crippen molar-refractivity contribution in [2.24, 2.45) is 23.2 Å². The van der Waals surface area contributed by atoms with Gasteiger partial charge in [0.25, 0.3) is 0 Å². The van der Waals surface area contributed by atoms with Crippen molar-refractivity contribution in [2.45, 2.75) is 103 Å². The van der Waals surface area contributed by atoms with Crippen LogP contribution in [0.4, 0.5) is 13.2 Å². The summed E-state index contributed by atoms with van der Waals surface area (Å²) in [6, 6.07) is 0. The number of aliphatic hydroxyl groups is 3. The molecule has 0 aromatic carbocycles. The van der Waals surface area contributed by atoms with Gasteiger partial charge < -0.3 is 20.6 Å². The number of alkyl halides is 3. The van der Waals surface area contributed by atoms with E-state index in [0.717, 1.165) is 37.7 Å². The van der Waals surface area contributed by atoms with E-state index in [1.54, 1.807) is 0 Å². The average molecular weight is 488 g/mol. The fraction of sp³-hybridized carbons (Fsp3) is 0.808. The minimum Gasteiger partial charge on any atom is -0.393 e. The number of hydrogen-bond donors (Lipinski definition) is 4. The summed E-state index contributed by atoms with van der Waals surface area (Å²) in [5, 5.41) is 32.1. The largest absolute Gasteiger partial charge is 0.417 e. The number of aliphatic hydroxyl groups excluding tert-OH is 2. The number of allylic oxidation sites excluding steroid dienone is 3. The molecule has 0 heterocycles. The molecule has 1 amide bonds. The van der Waals surface area contributed by atoms with E-state index in [4.69, 9.17) is 0 Å². The zero-order valence-corrected chi connectivity index (χ0v) is 20.5. The van der Waals surface area contributed by atoms with Crippen molar-refractivity contribution in [3.63, 3.8) is 0 Å². The molecule has 3 fully saturated rings. The van der Waals surface area contributed by atoms with E-state index >= 15 is 0 Å². The summed E-state index contributed by atoms with van der Waals surface area (Å²) in [4.78, 5) is 12.1. The van der Waals surface area contributed by atoms with Crippen LogP contribution in [-0.4, -0.2) is 51.8 Å². The van der Waals surface area contributed by atoms with Gasteiger partial charge in [-0.3, -0.25) is 4.79 Å². The molecule has 194 valence electrons. The molecule has 5 unspecified atom stereocenters. The van der Waals surface area contributed by atoms with Crippen molar-refractivity contribution in [2.75, 3.05) is 6.54 Å². The predicted molar refractivity (Wildman–Crippen MR) is 124 cm³/mol. The summed E-state index contributed by atoms with van der Waals surface area (Å²) in [6.07, 6.45) is 4.29. The first-order chi connectivity index (χ1) is 15.7. The van der Waals surface area contributed by atoms with Gasteiger partial charge in [-0.05, 0) is 81.5 Å². The van der Waals surface area contributed by atoms with Crippen molar-refractivity contribution in [1.82, 2.24) is 5.32 Å². The average Bonchev–Trinajstić information content (AvgIpc) is 3.06. The normalized spacial score (nSPS) is 36.0. The molecular formula is C26H40F3NO4. The second-order valence-electron chi connectivity index (χ2n) is 11.3. The highest BCUT2D eigenvalue weighted by atomic mass is 19.4. The summed E-state index contributed by atoms with van der Waals surface area (Å²) in [5.74, 6) is 0.0824. The summed E-state index contributed by atoms with van der Waals surface area (Å²) < 4.78 is 38.6. The van der Waals surface area contributed by atoms with Gasteiger partial charge >= 0.3 is 6.18 Å². The number of nitrogens with one attached hydrogen (secondary N) is 1. The quantitative estimate of drug-likeness (QED) is 0.447. The molecule has 4 N–H and O–H groups in total. The first-order valence-corrected chi connectivity index (χ1v) is 12.5. The van der Waals surface area contributed by atoms with E-state index in [-0.39, 0.29) is 11.3 Å². The molecule has 0 aliphatic heterocycles. The Morgan fingerprint density at radius 2 is 1.85 bits per heavy atom. The van der Waals surface area contributed by atoms with Gasteiger partial charge in [-0.15, -0.1) is 0 Å². The number of hydrogen-bond acceptors (Lipinski definition) is 4. The van der Waals surface area contributed by atoms with Gasteiger partial charge in [-0.25, -0.2) is 0 Å². The molecule has 0 aromatic heterocycles. The summed E-state index contributed by atoms with van der Waals surface area (Å²) in [5.41, 5.74) is -0.495. The van der Waals surface area contributed by atoms with Gasteiger partial charge in [0.15, 0.2) is 5.60 Å². The molecule has 0 aromatic rings. The van der Waals surface area contributed by atoms with E-state index in [1.165, 1.54) is 5.57 Å². The van der Waals surface area contributed by atoms with Gasteiger partial charge in [-0.1, -0.05) is 37.1 Å². The van der Waals surface area contributed by atoms with Gasteiger partial charge in [0.2, 0.25) is 5.91 Å². The van der Waals surface area contributed by atoms with Crippen LogP contribution in [-0.2, 0) is 4.79 Å². The molecule has 0 radical (unpaired) electrons. The first-order valence-electron chi connectivity index (χ1n) is 12.5. The Kier molecular flexibility index (Phi) is 8.25. The van der Waals surface area contributed by atoms with Gasteiger partial charge in [0, 0.05) is 6.54 Å². The van der Waals surface area contributed by atoms with Gasteiger partial charge in [0.1, 0.15) is 0 Å². The maximum atomic E-state index is 12.9. The Labute approximate surface area is 200 Å². The van der Waals surface area contributed by atoms with Gasteiger partial charge in [-0.2, -0.15) is 13.2 Å². The smallest absolute Gasteiger partial charge is 0.393 e. The van der Waals surface area contributed by atoms with Crippen LogP contribution in [0.1, 0.15) is 78.6 Å².